The van der Waals surface area contributed by atoms with Gasteiger partial charge in [0.1, 0.15) is 5.75 Å². The minimum atomic E-state index is -0.755. The zero-order valence-electron chi connectivity index (χ0n) is 11.6. The second kappa shape index (κ2) is 7.93. The van der Waals surface area contributed by atoms with Crippen LogP contribution in [0.3, 0.4) is 0 Å². The van der Waals surface area contributed by atoms with E-state index in [1.165, 1.54) is 5.56 Å². The molecule has 0 bridgehead atoms. The molecule has 1 aromatic carbocycles. The molecule has 0 radical (unpaired) electrons. The van der Waals surface area contributed by atoms with Crippen molar-refractivity contribution >= 4 is 35.5 Å². The van der Waals surface area contributed by atoms with Gasteiger partial charge < -0.3 is 9.84 Å². The van der Waals surface area contributed by atoms with Gasteiger partial charge in [0.2, 0.25) is 0 Å². The quantitative estimate of drug-likeness (QED) is 0.641. The molecule has 3 nitrogen and oxygen atoms in total. The Kier molecular flexibility index (Phi) is 7.72. The van der Waals surface area contributed by atoms with Crippen molar-refractivity contribution in [2.45, 2.75) is 40.5 Å². The second-order valence-electron chi connectivity index (χ2n) is 5.41. The number of rotatable bonds is 6. The van der Waals surface area contributed by atoms with Crippen LogP contribution in [0.2, 0.25) is 0 Å². The first kappa shape index (κ1) is 18.5. The molecule has 0 spiro atoms. The summed E-state index contributed by atoms with van der Waals surface area (Å²) in [5.41, 5.74) is 1.60. The summed E-state index contributed by atoms with van der Waals surface area (Å²) in [7, 11) is 0. The van der Waals surface area contributed by atoms with Gasteiger partial charge in [0.15, 0.2) is 0 Å². The number of aliphatic carboxylic acids is 1. The molecule has 0 saturated carbocycles. The predicted octanol–water partition coefficient (Wildman–Crippen LogP) is 2.92. The molecule has 0 aromatic heterocycles. The van der Waals surface area contributed by atoms with E-state index >= 15 is 0 Å². The third kappa shape index (κ3) is 5.98. The number of hydrogen-bond donors (Lipinski definition) is 1. The molecule has 1 rings (SSSR count). The van der Waals surface area contributed by atoms with E-state index in [2.05, 4.69) is 6.07 Å². The molecule has 102 valence electrons. The van der Waals surface area contributed by atoms with Gasteiger partial charge in [-0.2, -0.15) is 0 Å². The Morgan fingerprint density at radius 1 is 1.32 bits per heavy atom. The Balaban J connectivity index is 0.00000324. The molecule has 0 fully saturated rings. The normalized spacial score (nSPS) is 10.7. The average Bonchev–Trinajstić information content (AvgIpc) is 2.28. The fourth-order valence-corrected chi connectivity index (χ4v) is 1.67. The molecule has 0 unspecified atom stereocenters. The van der Waals surface area contributed by atoms with Crippen LogP contribution in [0.15, 0.2) is 18.2 Å². The summed E-state index contributed by atoms with van der Waals surface area (Å²) in [6.45, 7) is 8.08. The number of aryl methyl sites for hydroxylation is 2. The zero-order valence-corrected chi connectivity index (χ0v) is 11.6. The summed E-state index contributed by atoms with van der Waals surface area (Å²) in [4.78, 5) is 10.9. The molecule has 0 aliphatic carbocycles. The van der Waals surface area contributed by atoms with Crippen molar-refractivity contribution in [3.8, 4) is 5.75 Å². The van der Waals surface area contributed by atoms with Crippen molar-refractivity contribution in [1.82, 2.24) is 0 Å². The SMILES string of the molecule is Cc1ccc(C)c(OCCCC(C)(C)C(=O)O)c1.[NaH]. The molecule has 0 aliphatic heterocycles. The van der Waals surface area contributed by atoms with Crippen molar-refractivity contribution in [3.63, 3.8) is 0 Å². The Hall–Kier alpha value is -0.510. The molecule has 4 heteroatoms. The molecule has 0 amide bonds. The van der Waals surface area contributed by atoms with Crippen LogP contribution in [0.1, 0.15) is 37.8 Å². The summed E-state index contributed by atoms with van der Waals surface area (Å²) in [5.74, 6) is 0.136. The van der Waals surface area contributed by atoms with Crippen LogP contribution in [0.5, 0.6) is 5.75 Å². The second-order valence-corrected chi connectivity index (χ2v) is 5.41. The Bertz CT molecular complexity index is 427. The van der Waals surface area contributed by atoms with Crippen LogP contribution in [-0.2, 0) is 4.79 Å². The number of hydrogen-bond acceptors (Lipinski definition) is 2. The molecule has 0 atom stereocenters. The first-order valence-corrected chi connectivity index (χ1v) is 6.26. The van der Waals surface area contributed by atoms with Crippen molar-refractivity contribution in [2.75, 3.05) is 6.61 Å². The molecule has 0 heterocycles. The minimum absolute atomic E-state index is 0. The Morgan fingerprint density at radius 3 is 2.53 bits per heavy atom. The van der Waals surface area contributed by atoms with E-state index in [-0.39, 0.29) is 29.6 Å². The fraction of sp³-hybridized carbons (Fsp3) is 0.533. The topological polar surface area (TPSA) is 46.5 Å². The fourth-order valence-electron chi connectivity index (χ4n) is 1.67. The van der Waals surface area contributed by atoms with Gasteiger partial charge in [-0.3, -0.25) is 4.79 Å². The zero-order chi connectivity index (χ0) is 13.8. The molecule has 0 saturated heterocycles. The van der Waals surface area contributed by atoms with Crippen LogP contribution in [0.4, 0.5) is 0 Å². The average molecular weight is 274 g/mol. The Morgan fingerprint density at radius 2 is 1.95 bits per heavy atom. The van der Waals surface area contributed by atoms with Crippen LogP contribution < -0.4 is 4.74 Å². The molecule has 1 N–H and O–H groups in total. The monoisotopic (exact) mass is 274 g/mol. The number of ether oxygens (including phenoxy) is 1. The third-order valence-electron chi connectivity index (χ3n) is 3.13. The van der Waals surface area contributed by atoms with Gasteiger partial charge in [0.25, 0.3) is 0 Å². The van der Waals surface area contributed by atoms with Crippen molar-refractivity contribution in [1.29, 1.82) is 0 Å². The molecular weight excluding hydrogens is 251 g/mol. The number of carbonyl (C=O) groups is 1. The van der Waals surface area contributed by atoms with E-state index in [1.807, 2.05) is 26.0 Å². The molecular formula is C15H23NaO3. The van der Waals surface area contributed by atoms with E-state index in [0.29, 0.717) is 13.0 Å². The predicted molar refractivity (Wildman–Crippen MR) is 79.2 cm³/mol. The standard InChI is InChI=1S/C15H22O3.Na.H/c1-11-6-7-12(2)13(10-11)18-9-5-8-15(3,4)14(16)17;;/h6-7,10H,5,8-9H2,1-4H3,(H,16,17);;. The maximum absolute atomic E-state index is 10.9. The summed E-state index contributed by atoms with van der Waals surface area (Å²) in [5, 5.41) is 9.00. The maximum atomic E-state index is 10.9. The molecule has 1 aromatic rings. The van der Waals surface area contributed by atoms with Crippen LogP contribution in [0, 0.1) is 19.3 Å². The van der Waals surface area contributed by atoms with Crippen LogP contribution >= 0.6 is 0 Å². The van der Waals surface area contributed by atoms with Gasteiger partial charge in [-0.25, -0.2) is 0 Å². The van der Waals surface area contributed by atoms with Gasteiger partial charge in [-0.05, 0) is 57.7 Å². The molecule has 19 heavy (non-hydrogen) atoms. The summed E-state index contributed by atoms with van der Waals surface area (Å²) >= 11 is 0. The van der Waals surface area contributed by atoms with Gasteiger partial charge >= 0.3 is 35.5 Å². The first-order valence-electron chi connectivity index (χ1n) is 6.26. The van der Waals surface area contributed by atoms with E-state index in [0.717, 1.165) is 17.7 Å². The summed E-state index contributed by atoms with van der Waals surface area (Å²) < 4.78 is 5.70. The van der Waals surface area contributed by atoms with Gasteiger partial charge in [-0.1, -0.05) is 12.1 Å². The van der Waals surface area contributed by atoms with E-state index in [1.54, 1.807) is 13.8 Å². The van der Waals surface area contributed by atoms with Crippen molar-refractivity contribution in [3.05, 3.63) is 29.3 Å². The van der Waals surface area contributed by atoms with Gasteiger partial charge in [0.05, 0.1) is 12.0 Å². The summed E-state index contributed by atoms with van der Waals surface area (Å²) in [6.07, 6.45) is 1.36. The van der Waals surface area contributed by atoms with E-state index < -0.39 is 11.4 Å². The number of benzene rings is 1. The third-order valence-corrected chi connectivity index (χ3v) is 3.13. The first-order chi connectivity index (χ1) is 8.33. The number of carboxylic acids is 1. The molecule has 0 aliphatic rings. The van der Waals surface area contributed by atoms with E-state index in [4.69, 9.17) is 9.84 Å². The Labute approximate surface area is 137 Å². The van der Waals surface area contributed by atoms with E-state index in [9.17, 15) is 4.79 Å². The van der Waals surface area contributed by atoms with Crippen molar-refractivity contribution < 1.29 is 14.6 Å². The van der Waals surface area contributed by atoms with Crippen LogP contribution in [0.25, 0.3) is 0 Å². The van der Waals surface area contributed by atoms with Crippen LogP contribution in [-0.4, -0.2) is 47.2 Å². The van der Waals surface area contributed by atoms with Gasteiger partial charge in [0, 0.05) is 0 Å². The number of carboxylic acid groups (broad SMARTS) is 1. The van der Waals surface area contributed by atoms with Gasteiger partial charge in [-0.15, -0.1) is 0 Å². The van der Waals surface area contributed by atoms with Crippen molar-refractivity contribution in [2.24, 2.45) is 5.41 Å². The summed E-state index contributed by atoms with van der Waals surface area (Å²) in [6, 6.07) is 6.10.